The largest absolute Gasteiger partial charge is 0.134 e. The molecule has 0 bridgehead atoms. The number of rotatable bonds is 1. The summed E-state index contributed by atoms with van der Waals surface area (Å²) in [5.41, 5.74) is 0. The van der Waals surface area contributed by atoms with Gasteiger partial charge in [0, 0.05) is 4.88 Å². The molecule has 0 spiro atoms. The van der Waals surface area contributed by atoms with Crippen LogP contribution < -0.4 is 0 Å². The fourth-order valence-electron chi connectivity index (χ4n) is 0.639. The quantitative estimate of drug-likeness (QED) is 0.671. The first-order valence-corrected chi connectivity index (χ1v) is 4.85. The molecule has 0 saturated heterocycles. The lowest BCUT2D eigenvalue weighted by Crippen LogP contribution is -1.77. The molecule has 0 aliphatic heterocycles. The van der Waals surface area contributed by atoms with Gasteiger partial charge < -0.3 is 0 Å². The Kier molecular flexibility index (Phi) is 2.52. The van der Waals surface area contributed by atoms with Crippen LogP contribution in [0.3, 0.4) is 0 Å². The van der Waals surface area contributed by atoms with Gasteiger partial charge in [-0.15, -0.1) is 11.3 Å². The van der Waals surface area contributed by atoms with Crippen LogP contribution in [-0.4, -0.2) is 0 Å². The zero-order valence-electron chi connectivity index (χ0n) is 5.52. The Morgan fingerprint density at radius 1 is 1.44 bits per heavy atom. The van der Waals surface area contributed by atoms with Crippen molar-refractivity contribution in [3.8, 4) is 0 Å². The van der Waals surface area contributed by atoms with E-state index in [1.807, 2.05) is 11.3 Å². The molecule has 0 fully saturated rings. The molecule has 0 aromatic carbocycles. The van der Waals surface area contributed by atoms with Crippen molar-refractivity contribution in [3.05, 3.63) is 19.9 Å². The molecular formula is C7H9IS. The molecule has 2 heteroatoms. The van der Waals surface area contributed by atoms with Gasteiger partial charge in [-0.25, -0.2) is 0 Å². The van der Waals surface area contributed by atoms with Crippen molar-refractivity contribution in [1.82, 2.24) is 0 Å². The lowest BCUT2D eigenvalue weighted by molar-refractivity contribution is 0.890. The SMILES string of the molecule is CC(C)c1ccc(I)s1. The fraction of sp³-hybridized carbons (Fsp3) is 0.429. The highest BCUT2D eigenvalue weighted by Crippen LogP contribution is 2.24. The van der Waals surface area contributed by atoms with E-state index in [4.69, 9.17) is 0 Å². The van der Waals surface area contributed by atoms with Crippen LogP contribution in [0.1, 0.15) is 24.6 Å². The van der Waals surface area contributed by atoms with Crippen LogP contribution in [-0.2, 0) is 0 Å². The van der Waals surface area contributed by atoms with Crippen molar-refractivity contribution in [2.24, 2.45) is 0 Å². The number of thiophene rings is 1. The van der Waals surface area contributed by atoms with Gasteiger partial charge in [0.25, 0.3) is 0 Å². The van der Waals surface area contributed by atoms with E-state index in [0.29, 0.717) is 5.92 Å². The summed E-state index contributed by atoms with van der Waals surface area (Å²) in [6.07, 6.45) is 0. The van der Waals surface area contributed by atoms with Crippen molar-refractivity contribution in [2.75, 3.05) is 0 Å². The summed E-state index contributed by atoms with van der Waals surface area (Å²) >= 11 is 4.23. The molecule has 1 aromatic rings. The van der Waals surface area contributed by atoms with Crippen LogP contribution in [0.2, 0.25) is 0 Å². The van der Waals surface area contributed by atoms with Gasteiger partial charge in [-0.1, -0.05) is 13.8 Å². The molecule has 0 N–H and O–H groups in total. The lowest BCUT2D eigenvalue weighted by atomic mass is 10.2. The molecule has 0 atom stereocenters. The summed E-state index contributed by atoms with van der Waals surface area (Å²) in [7, 11) is 0. The van der Waals surface area contributed by atoms with E-state index >= 15 is 0 Å². The summed E-state index contributed by atoms with van der Waals surface area (Å²) in [6.45, 7) is 4.45. The summed E-state index contributed by atoms with van der Waals surface area (Å²) in [5.74, 6) is 0.693. The van der Waals surface area contributed by atoms with E-state index < -0.39 is 0 Å². The van der Waals surface area contributed by atoms with E-state index in [0.717, 1.165) is 0 Å². The van der Waals surface area contributed by atoms with E-state index in [9.17, 15) is 0 Å². The molecule has 50 valence electrons. The normalized spacial score (nSPS) is 10.7. The van der Waals surface area contributed by atoms with Gasteiger partial charge in [-0.3, -0.25) is 0 Å². The molecule has 0 radical (unpaired) electrons. The summed E-state index contributed by atoms with van der Waals surface area (Å²) in [4.78, 5) is 1.49. The lowest BCUT2D eigenvalue weighted by Gasteiger charge is -1.95. The summed E-state index contributed by atoms with van der Waals surface area (Å²) in [5, 5.41) is 0. The Balaban J connectivity index is 2.85. The Hall–Kier alpha value is 0.430. The van der Waals surface area contributed by atoms with Crippen molar-refractivity contribution < 1.29 is 0 Å². The second-order valence-electron chi connectivity index (χ2n) is 2.30. The minimum absolute atomic E-state index is 0.693. The Morgan fingerprint density at radius 2 is 2.11 bits per heavy atom. The predicted octanol–water partition coefficient (Wildman–Crippen LogP) is 3.48. The average Bonchev–Trinajstić information content (AvgIpc) is 2.14. The zero-order chi connectivity index (χ0) is 6.85. The highest BCUT2D eigenvalue weighted by atomic mass is 127. The van der Waals surface area contributed by atoms with Crippen molar-refractivity contribution >= 4 is 33.9 Å². The van der Waals surface area contributed by atoms with Crippen LogP contribution in [0.5, 0.6) is 0 Å². The molecule has 0 aliphatic rings. The molecule has 1 aromatic heterocycles. The molecule has 9 heavy (non-hydrogen) atoms. The Bertz CT molecular complexity index is 191. The second-order valence-corrected chi connectivity index (χ2v) is 5.31. The molecule has 0 saturated carbocycles. The molecule has 0 aliphatic carbocycles. The monoisotopic (exact) mass is 252 g/mol. The summed E-state index contributed by atoms with van der Waals surface area (Å²) < 4.78 is 1.39. The number of hydrogen-bond acceptors (Lipinski definition) is 1. The standard InChI is InChI=1S/C7H9IS/c1-5(2)6-3-4-7(8)9-6/h3-5H,1-2H3. The predicted molar refractivity (Wildman–Crippen MR) is 51.1 cm³/mol. The van der Waals surface area contributed by atoms with Crippen molar-refractivity contribution in [1.29, 1.82) is 0 Å². The fourth-order valence-corrected chi connectivity index (χ4v) is 2.31. The molecule has 0 unspecified atom stereocenters. The molecule has 0 nitrogen and oxygen atoms in total. The summed E-state index contributed by atoms with van der Waals surface area (Å²) in [6, 6.07) is 4.37. The maximum Gasteiger partial charge on any atom is 0.0656 e. The number of halogens is 1. The van der Waals surface area contributed by atoms with Gasteiger partial charge in [-0.05, 0) is 40.6 Å². The van der Waals surface area contributed by atoms with Crippen molar-refractivity contribution in [3.63, 3.8) is 0 Å². The van der Waals surface area contributed by atoms with Crippen LogP contribution in [0, 0.1) is 2.88 Å². The van der Waals surface area contributed by atoms with Gasteiger partial charge in [-0.2, -0.15) is 0 Å². The van der Waals surface area contributed by atoms with E-state index in [1.165, 1.54) is 7.76 Å². The third-order valence-electron chi connectivity index (χ3n) is 1.16. The zero-order valence-corrected chi connectivity index (χ0v) is 8.49. The van der Waals surface area contributed by atoms with E-state index in [-0.39, 0.29) is 0 Å². The first-order valence-electron chi connectivity index (χ1n) is 2.95. The highest BCUT2D eigenvalue weighted by molar-refractivity contribution is 14.1. The Morgan fingerprint density at radius 3 is 2.33 bits per heavy atom. The minimum Gasteiger partial charge on any atom is -0.134 e. The highest BCUT2D eigenvalue weighted by Gasteiger charge is 2.00. The topological polar surface area (TPSA) is 0 Å². The van der Waals surface area contributed by atoms with Crippen LogP contribution in [0.15, 0.2) is 12.1 Å². The van der Waals surface area contributed by atoms with E-state index in [1.54, 1.807) is 0 Å². The molecule has 1 rings (SSSR count). The first kappa shape index (κ1) is 7.54. The van der Waals surface area contributed by atoms with Gasteiger partial charge in [0.1, 0.15) is 0 Å². The smallest absolute Gasteiger partial charge is 0.0656 e. The minimum atomic E-state index is 0.693. The third-order valence-corrected chi connectivity index (χ3v) is 3.36. The van der Waals surface area contributed by atoms with Gasteiger partial charge in [0.15, 0.2) is 0 Å². The van der Waals surface area contributed by atoms with Crippen molar-refractivity contribution in [2.45, 2.75) is 19.8 Å². The second kappa shape index (κ2) is 3.01. The maximum absolute atomic E-state index is 2.35. The molecule has 0 amide bonds. The van der Waals surface area contributed by atoms with E-state index in [2.05, 4.69) is 48.6 Å². The number of hydrogen-bond donors (Lipinski definition) is 0. The molecular weight excluding hydrogens is 243 g/mol. The maximum atomic E-state index is 2.35. The Labute approximate surface area is 73.4 Å². The average molecular weight is 252 g/mol. The van der Waals surface area contributed by atoms with Gasteiger partial charge in [0.2, 0.25) is 0 Å². The molecule has 1 heterocycles. The van der Waals surface area contributed by atoms with Gasteiger partial charge in [0.05, 0.1) is 2.88 Å². The van der Waals surface area contributed by atoms with Gasteiger partial charge >= 0.3 is 0 Å². The first-order chi connectivity index (χ1) is 4.20. The third kappa shape index (κ3) is 1.93. The van der Waals surface area contributed by atoms with Crippen LogP contribution in [0.4, 0.5) is 0 Å². The van der Waals surface area contributed by atoms with Crippen LogP contribution in [0.25, 0.3) is 0 Å². The van der Waals surface area contributed by atoms with Crippen LogP contribution >= 0.6 is 33.9 Å².